The number of hydrogen-bond acceptors (Lipinski definition) is 2. The second-order valence-corrected chi connectivity index (χ2v) is 5.63. The highest BCUT2D eigenvalue weighted by Crippen LogP contribution is 2.19. The van der Waals surface area contributed by atoms with Crippen LogP contribution < -0.4 is 5.32 Å². The molecule has 1 heterocycles. The lowest BCUT2D eigenvalue weighted by molar-refractivity contribution is -0.132. The summed E-state index contributed by atoms with van der Waals surface area (Å²) >= 11 is 0. The smallest absolute Gasteiger partial charge is 0.239 e. The largest absolute Gasteiger partial charge is 0.340 e. The number of carbonyl (C=O) groups is 1. The maximum Gasteiger partial charge on any atom is 0.239 e. The molecule has 0 bridgehead atoms. The minimum Gasteiger partial charge on any atom is -0.340 e. The Morgan fingerprint density at radius 2 is 2.05 bits per heavy atom. The van der Waals surface area contributed by atoms with Gasteiger partial charge in [-0.15, -0.1) is 0 Å². The molecule has 0 aromatic heterocycles. The summed E-state index contributed by atoms with van der Waals surface area (Å²) in [6.45, 7) is 8.08. The van der Waals surface area contributed by atoms with E-state index in [0.717, 1.165) is 19.4 Å². The molecule has 1 atom stereocenters. The van der Waals surface area contributed by atoms with E-state index in [1.807, 2.05) is 11.9 Å². The molecule has 1 aliphatic rings. The number of hydrogen-bond donors (Lipinski definition) is 1. The van der Waals surface area contributed by atoms with Gasteiger partial charge in [0.2, 0.25) is 5.91 Å². The van der Waals surface area contributed by atoms with E-state index in [2.05, 4.69) is 38.2 Å². The van der Waals surface area contributed by atoms with Gasteiger partial charge in [-0.25, -0.2) is 0 Å². The Morgan fingerprint density at radius 3 is 2.68 bits per heavy atom. The van der Waals surface area contributed by atoms with Gasteiger partial charge in [-0.1, -0.05) is 12.1 Å². The van der Waals surface area contributed by atoms with Crippen molar-refractivity contribution < 1.29 is 4.79 Å². The number of benzene rings is 1. The van der Waals surface area contributed by atoms with Gasteiger partial charge in [0.1, 0.15) is 0 Å². The normalized spacial score (nSPS) is 18.6. The molecule has 1 amide bonds. The Balaban J connectivity index is 2.08. The number of likely N-dealkylation sites (N-methyl/N-ethyl adjacent to an activating group) is 1. The molecule has 1 fully saturated rings. The molecule has 104 valence electrons. The van der Waals surface area contributed by atoms with Crippen LogP contribution in [0.5, 0.6) is 0 Å². The second-order valence-electron chi connectivity index (χ2n) is 5.63. The minimum absolute atomic E-state index is 0.0249. The van der Waals surface area contributed by atoms with Crippen LogP contribution in [-0.4, -0.2) is 30.4 Å². The molecule has 2 rings (SSSR count). The van der Waals surface area contributed by atoms with E-state index < -0.39 is 0 Å². The molecule has 0 aliphatic carbocycles. The third kappa shape index (κ3) is 2.98. The lowest BCUT2D eigenvalue weighted by Gasteiger charge is -2.23. The molecule has 1 aliphatic heterocycles. The Bertz CT molecular complexity index is 476. The SMILES string of the molecule is Cc1ccc(CN(C)C(=O)C2CCCN2)c(C)c1C. The van der Waals surface area contributed by atoms with Crippen LogP contribution in [0.1, 0.15) is 35.1 Å². The van der Waals surface area contributed by atoms with Crippen LogP contribution in [0.25, 0.3) is 0 Å². The number of nitrogens with one attached hydrogen (secondary N) is 1. The molecular weight excluding hydrogens is 236 g/mol. The first-order chi connectivity index (χ1) is 9.00. The second kappa shape index (κ2) is 5.74. The Hall–Kier alpha value is -1.35. The lowest BCUT2D eigenvalue weighted by Crippen LogP contribution is -2.41. The van der Waals surface area contributed by atoms with Crippen LogP contribution in [0.4, 0.5) is 0 Å². The van der Waals surface area contributed by atoms with Crippen molar-refractivity contribution in [3.8, 4) is 0 Å². The van der Waals surface area contributed by atoms with Gasteiger partial charge in [0.15, 0.2) is 0 Å². The fourth-order valence-corrected chi connectivity index (χ4v) is 2.68. The van der Waals surface area contributed by atoms with Gasteiger partial charge in [0.05, 0.1) is 6.04 Å². The zero-order chi connectivity index (χ0) is 14.0. The van der Waals surface area contributed by atoms with Crippen LogP contribution in [0, 0.1) is 20.8 Å². The van der Waals surface area contributed by atoms with E-state index in [1.165, 1.54) is 22.3 Å². The van der Waals surface area contributed by atoms with Gasteiger partial charge < -0.3 is 10.2 Å². The molecule has 1 aromatic carbocycles. The molecule has 1 saturated heterocycles. The van der Waals surface area contributed by atoms with Gasteiger partial charge in [-0.3, -0.25) is 4.79 Å². The Labute approximate surface area is 116 Å². The average molecular weight is 260 g/mol. The van der Waals surface area contributed by atoms with Crippen molar-refractivity contribution in [3.05, 3.63) is 34.4 Å². The van der Waals surface area contributed by atoms with Crippen molar-refractivity contribution in [1.29, 1.82) is 0 Å². The van der Waals surface area contributed by atoms with Crippen LogP contribution in [0.2, 0.25) is 0 Å². The average Bonchev–Trinajstić information content (AvgIpc) is 2.92. The summed E-state index contributed by atoms with van der Waals surface area (Å²) in [6, 6.07) is 4.31. The summed E-state index contributed by atoms with van der Waals surface area (Å²) in [7, 11) is 1.90. The quantitative estimate of drug-likeness (QED) is 0.904. The molecular formula is C16H24N2O. The third-order valence-corrected chi connectivity index (χ3v) is 4.31. The lowest BCUT2D eigenvalue weighted by atomic mass is 9.98. The highest BCUT2D eigenvalue weighted by atomic mass is 16.2. The van der Waals surface area contributed by atoms with Gasteiger partial charge in [-0.2, -0.15) is 0 Å². The van der Waals surface area contributed by atoms with Crippen molar-refractivity contribution >= 4 is 5.91 Å². The third-order valence-electron chi connectivity index (χ3n) is 4.31. The summed E-state index contributed by atoms with van der Waals surface area (Å²) in [5.74, 6) is 0.218. The van der Waals surface area contributed by atoms with Crippen molar-refractivity contribution in [2.75, 3.05) is 13.6 Å². The molecule has 3 heteroatoms. The van der Waals surface area contributed by atoms with E-state index in [0.29, 0.717) is 6.54 Å². The molecule has 0 radical (unpaired) electrons. The topological polar surface area (TPSA) is 32.3 Å². The Morgan fingerprint density at radius 1 is 1.32 bits per heavy atom. The first-order valence-corrected chi connectivity index (χ1v) is 7.04. The fraction of sp³-hybridized carbons (Fsp3) is 0.562. The highest BCUT2D eigenvalue weighted by molar-refractivity contribution is 5.82. The predicted octanol–water partition coefficient (Wildman–Crippen LogP) is 2.32. The van der Waals surface area contributed by atoms with E-state index in [-0.39, 0.29) is 11.9 Å². The van der Waals surface area contributed by atoms with Gasteiger partial charge in [-0.05, 0) is 62.4 Å². The van der Waals surface area contributed by atoms with Crippen molar-refractivity contribution in [2.24, 2.45) is 0 Å². The minimum atomic E-state index is 0.0249. The van der Waals surface area contributed by atoms with E-state index in [9.17, 15) is 4.79 Å². The van der Waals surface area contributed by atoms with Crippen LogP contribution in [-0.2, 0) is 11.3 Å². The summed E-state index contributed by atoms with van der Waals surface area (Å²) in [4.78, 5) is 14.1. The summed E-state index contributed by atoms with van der Waals surface area (Å²) in [5, 5.41) is 3.27. The van der Waals surface area contributed by atoms with Gasteiger partial charge in [0, 0.05) is 13.6 Å². The summed E-state index contributed by atoms with van der Waals surface area (Å²) < 4.78 is 0. The fourth-order valence-electron chi connectivity index (χ4n) is 2.68. The molecule has 0 spiro atoms. The molecule has 1 N–H and O–H groups in total. The number of aryl methyl sites for hydroxylation is 1. The number of rotatable bonds is 3. The van der Waals surface area contributed by atoms with Crippen LogP contribution in [0.3, 0.4) is 0 Å². The molecule has 1 aromatic rings. The van der Waals surface area contributed by atoms with Crippen LogP contribution in [0.15, 0.2) is 12.1 Å². The maximum absolute atomic E-state index is 12.3. The van der Waals surface area contributed by atoms with Crippen LogP contribution >= 0.6 is 0 Å². The first-order valence-electron chi connectivity index (χ1n) is 7.04. The van der Waals surface area contributed by atoms with E-state index >= 15 is 0 Å². The summed E-state index contributed by atoms with van der Waals surface area (Å²) in [5.41, 5.74) is 5.20. The molecule has 1 unspecified atom stereocenters. The summed E-state index contributed by atoms with van der Waals surface area (Å²) in [6.07, 6.45) is 2.07. The van der Waals surface area contributed by atoms with Crippen molar-refractivity contribution in [1.82, 2.24) is 10.2 Å². The maximum atomic E-state index is 12.3. The van der Waals surface area contributed by atoms with Gasteiger partial charge in [0.25, 0.3) is 0 Å². The molecule has 19 heavy (non-hydrogen) atoms. The van der Waals surface area contributed by atoms with E-state index in [4.69, 9.17) is 0 Å². The zero-order valence-corrected chi connectivity index (χ0v) is 12.4. The van der Waals surface area contributed by atoms with E-state index in [1.54, 1.807) is 0 Å². The number of carbonyl (C=O) groups excluding carboxylic acids is 1. The van der Waals surface area contributed by atoms with Crippen molar-refractivity contribution in [2.45, 2.75) is 46.2 Å². The molecule has 0 saturated carbocycles. The standard InChI is InChI=1S/C16H24N2O/c1-11-7-8-14(13(3)12(11)2)10-18(4)16(19)15-6-5-9-17-15/h7-8,15,17H,5-6,9-10H2,1-4H3. The molecule has 3 nitrogen and oxygen atoms in total. The predicted molar refractivity (Wildman–Crippen MR) is 78.2 cm³/mol. The first kappa shape index (κ1) is 14.1. The number of amides is 1. The van der Waals surface area contributed by atoms with Gasteiger partial charge >= 0.3 is 0 Å². The highest BCUT2D eigenvalue weighted by Gasteiger charge is 2.25. The van der Waals surface area contributed by atoms with Crippen molar-refractivity contribution in [3.63, 3.8) is 0 Å². The number of nitrogens with zero attached hydrogens (tertiary/aromatic N) is 1. The monoisotopic (exact) mass is 260 g/mol. The Kier molecular flexibility index (Phi) is 4.25. The zero-order valence-electron chi connectivity index (χ0n) is 12.4.